The number of rotatable bonds is 2. The van der Waals surface area contributed by atoms with Gasteiger partial charge in [0.05, 0.1) is 0 Å². The molecule has 2 atom stereocenters. The van der Waals surface area contributed by atoms with E-state index in [1.54, 1.807) is 0 Å². The molecular formula is C13H17NO2. The lowest BCUT2D eigenvalue weighted by molar-refractivity contribution is -0.140. The van der Waals surface area contributed by atoms with Crippen molar-refractivity contribution in [2.75, 3.05) is 0 Å². The second kappa shape index (κ2) is 4.26. The minimum atomic E-state index is -0.791. The Kier molecular flexibility index (Phi) is 2.97. The van der Waals surface area contributed by atoms with Crippen LogP contribution in [0, 0.1) is 0 Å². The van der Waals surface area contributed by atoms with Gasteiger partial charge in [0.2, 0.25) is 0 Å². The molecule has 16 heavy (non-hydrogen) atoms. The average Bonchev–Trinajstić information content (AvgIpc) is 2.27. The van der Waals surface area contributed by atoms with E-state index in [0.717, 1.165) is 24.0 Å². The zero-order valence-corrected chi connectivity index (χ0v) is 9.66. The highest BCUT2D eigenvalue weighted by Gasteiger charge is 2.28. The molecular weight excluding hydrogens is 202 g/mol. The molecule has 2 N–H and O–H groups in total. The Balaban J connectivity index is 2.45. The van der Waals surface area contributed by atoms with E-state index in [1.165, 1.54) is 5.56 Å². The van der Waals surface area contributed by atoms with Gasteiger partial charge in [0, 0.05) is 6.04 Å². The average molecular weight is 219 g/mol. The Bertz CT molecular complexity index is 414. The molecule has 3 heteroatoms. The van der Waals surface area contributed by atoms with Crippen LogP contribution in [-0.4, -0.2) is 17.1 Å². The number of carboxylic acid groups (broad SMARTS) is 1. The van der Waals surface area contributed by atoms with Crippen LogP contribution in [0.2, 0.25) is 0 Å². The van der Waals surface area contributed by atoms with E-state index < -0.39 is 12.0 Å². The fourth-order valence-corrected chi connectivity index (χ4v) is 2.29. The Hall–Kier alpha value is -1.35. The topological polar surface area (TPSA) is 49.3 Å². The van der Waals surface area contributed by atoms with Crippen LogP contribution in [0.5, 0.6) is 0 Å². The van der Waals surface area contributed by atoms with Crippen molar-refractivity contribution in [1.29, 1.82) is 0 Å². The van der Waals surface area contributed by atoms with Crippen LogP contribution in [0.3, 0.4) is 0 Å². The van der Waals surface area contributed by atoms with E-state index in [1.807, 2.05) is 13.0 Å². The van der Waals surface area contributed by atoms with Crippen molar-refractivity contribution in [3.8, 4) is 0 Å². The van der Waals surface area contributed by atoms with Gasteiger partial charge in [0.25, 0.3) is 0 Å². The number of hydrogen-bond acceptors (Lipinski definition) is 2. The first-order chi connectivity index (χ1) is 7.61. The van der Waals surface area contributed by atoms with Crippen LogP contribution in [-0.2, 0) is 17.6 Å². The summed E-state index contributed by atoms with van der Waals surface area (Å²) in [5, 5.41) is 12.3. The molecule has 1 aliphatic heterocycles. The second-order valence-corrected chi connectivity index (χ2v) is 4.43. The molecule has 1 aromatic carbocycles. The molecule has 0 bridgehead atoms. The number of nitrogens with one attached hydrogen (secondary N) is 1. The van der Waals surface area contributed by atoms with Crippen LogP contribution in [0.1, 0.15) is 36.6 Å². The lowest BCUT2D eigenvalue weighted by Gasteiger charge is -2.29. The van der Waals surface area contributed by atoms with Crippen LogP contribution in [0.4, 0.5) is 0 Å². The maximum atomic E-state index is 11.2. The van der Waals surface area contributed by atoms with E-state index in [4.69, 9.17) is 0 Å². The van der Waals surface area contributed by atoms with E-state index in [-0.39, 0.29) is 6.04 Å². The smallest absolute Gasteiger partial charge is 0.325 e. The monoisotopic (exact) mass is 219 g/mol. The molecule has 1 heterocycles. The Morgan fingerprint density at radius 2 is 2.31 bits per heavy atom. The summed E-state index contributed by atoms with van der Waals surface area (Å²) in [6, 6.07) is 5.86. The summed E-state index contributed by atoms with van der Waals surface area (Å²) in [4.78, 5) is 11.2. The Morgan fingerprint density at radius 3 is 2.94 bits per heavy atom. The van der Waals surface area contributed by atoms with Crippen molar-refractivity contribution < 1.29 is 9.90 Å². The molecule has 0 aliphatic carbocycles. The predicted octanol–water partition coefficient (Wildman–Crippen LogP) is 1.91. The van der Waals surface area contributed by atoms with Gasteiger partial charge in [-0.3, -0.25) is 10.1 Å². The molecule has 86 valence electrons. The molecule has 0 spiro atoms. The molecule has 0 aromatic heterocycles. The lowest BCUT2D eigenvalue weighted by Crippen LogP contribution is -2.41. The number of carboxylic acids is 1. The molecule has 0 amide bonds. The summed E-state index contributed by atoms with van der Waals surface area (Å²) < 4.78 is 0. The molecule has 1 aliphatic rings. The molecule has 3 nitrogen and oxygen atoms in total. The number of benzene rings is 1. The lowest BCUT2D eigenvalue weighted by atomic mass is 9.89. The van der Waals surface area contributed by atoms with E-state index >= 15 is 0 Å². The summed E-state index contributed by atoms with van der Waals surface area (Å²) >= 11 is 0. The third-order valence-electron chi connectivity index (χ3n) is 3.15. The Morgan fingerprint density at radius 1 is 1.56 bits per heavy atom. The SMILES string of the molecule is CCc1ccc2c(c1)C(C(=O)O)NC(C)C2. The zero-order chi connectivity index (χ0) is 11.7. The molecule has 0 saturated carbocycles. The highest BCUT2D eigenvalue weighted by Crippen LogP contribution is 2.26. The molecule has 2 rings (SSSR count). The number of fused-ring (bicyclic) bond motifs is 1. The number of carbonyl (C=O) groups is 1. The van der Waals surface area contributed by atoms with Gasteiger partial charge in [0.15, 0.2) is 0 Å². The fraction of sp³-hybridized carbons (Fsp3) is 0.462. The van der Waals surface area contributed by atoms with Crippen LogP contribution >= 0.6 is 0 Å². The van der Waals surface area contributed by atoms with Crippen molar-refractivity contribution in [2.24, 2.45) is 0 Å². The summed E-state index contributed by atoms with van der Waals surface area (Å²) in [7, 11) is 0. The largest absolute Gasteiger partial charge is 0.480 e. The second-order valence-electron chi connectivity index (χ2n) is 4.43. The number of hydrogen-bond donors (Lipinski definition) is 2. The maximum Gasteiger partial charge on any atom is 0.325 e. The zero-order valence-electron chi connectivity index (χ0n) is 9.66. The van der Waals surface area contributed by atoms with Crippen molar-refractivity contribution in [3.05, 3.63) is 34.9 Å². The minimum Gasteiger partial charge on any atom is -0.480 e. The van der Waals surface area contributed by atoms with Crippen LogP contribution in [0.25, 0.3) is 0 Å². The molecule has 1 aromatic rings. The number of aliphatic carboxylic acids is 1. The van der Waals surface area contributed by atoms with Crippen molar-refractivity contribution in [1.82, 2.24) is 5.32 Å². The van der Waals surface area contributed by atoms with Gasteiger partial charge >= 0.3 is 5.97 Å². The van der Waals surface area contributed by atoms with Gasteiger partial charge in [-0.05, 0) is 36.5 Å². The van der Waals surface area contributed by atoms with Crippen molar-refractivity contribution >= 4 is 5.97 Å². The van der Waals surface area contributed by atoms with Gasteiger partial charge in [-0.15, -0.1) is 0 Å². The highest BCUT2D eigenvalue weighted by molar-refractivity contribution is 5.76. The third kappa shape index (κ3) is 1.95. The van der Waals surface area contributed by atoms with Crippen molar-refractivity contribution in [3.63, 3.8) is 0 Å². The van der Waals surface area contributed by atoms with Gasteiger partial charge in [0.1, 0.15) is 6.04 Å². The third-order valence-corrected chi connectivity index (χ3v) is 3.15. The first-order valence-corrected chi connectivity index (χ1v) is 5.72. The van der Waals surface area contributed by atoms with Gasteiger partial charge in [-0.25, -0.2) is 0 Å². The van der Waals surface area contributed by atoms with E-state index in [2.05, 4.69) is 24.4 Å². The van der Waals surface area contributed by atoms with Gasteiger partial charge in [-0.2, -0.15) is 0 Å². The summed E-state index contributed by atoms with van der Waals surface area (Å²) in [6.45, 7) is 4.10. The predicted molar refractivity (Wildman–Crippen MR) is 62.5 cm³/mol. The standard InChI is InChI=1S/C13H17NO2/c1-3-9-4-5-10-6-8(2)14-12(13(15)16)11(10)7-9/h4-5,7-8,12,14H,3,6H2,1-2H3,(H,15,16). The van der Waals surface area contributed by atoms with E-state index in [0.29, 0.717) is 0 Å². The summed E-state index contributed by atoms with van der Waals surface area (Å²) in [6.07, 6.45) is 1.85. The molecule has 0 saturated heterocycles. The molecule has 2 unspecified atom stereocenters. The summed E-state index contributed by atoms with van der Waals surface area (Å²) in [5.41, 5.74) is 3.29. The quantitative estimate of drug-likeness (QED) is 0.798. The molecule has 0 radical (unpaired) electrons. The van der Waals surface area contributed by atoms with Gasteiger partial charge < -0.3 is 5.11 Å². The van der Waals surface area contributed by atoms with Crippen molar-refractivity contribution in [2.45, 2.75) is 38.8 Å². The summed E-state index contributed by atoms with van der Waals surface area (Å²) in [5.74, 6) is -0.791. The van der Waals surface area contributed by atoms with Crippen LogP contribution in [0.15, 0.2) is 18.2 Å². The first-order valence-electron chi connectivity index (χ1n) is 5.72. The number of aryl methyl sites for hydroxylation is 1. The molecule has 0 fully saturated rings. The van der Waals surface area contributed by atoms with Gasteiger partial charge in [-0.1, -0.05) is 25.1 Å². The van der Waals surface area contributed by atoms with Crippen LogP contribution < -0.4 is 5.32 Å². The normalized spacial score (nSPS) is 23.9. The Labute approximate surface area is 95.5 Å². The maximum absolute atomic E-state index is 11.2. The van der Waals surface area contributed by atoms with E-state index in [9.17, 15) is 9.90 Å². The fourth-order valence-electron chi connectivity index (χ4n) is 2.29. The highest BCUT2D eigenvalue weighted by atomic mass is 16.4. The minimum absolute atomic E-state index is 0.223. The first kappa shape index (κ1) is 11.1.